The van der Waals surface area contributed by atoms with Crippen LogP contribution >= 0.6 is 0 Å². The van der Waals surface area contributed by atoms with Crippen molar-refractivity contribution in [1.82, 2.24) is 4.98 Å². The molecule has 1 fully saturated rings. The highest BCUT2D eigenvalue weighted by Crippen LogP contribution is 2.38. The number of nitrogens with zero attached hydrogens (tertiary/aromatic N) is 1. The van der Waals surface area contributed by atoms with Gasteiger partial charge in [0.15, 0.2) is 0 Å². The average molecular weight is 177 g/mol. The zero-order valence-corrected chi connectivity index (χ0v) is 7.23. The van der Waals surface area contributed by atoms with Gasteiger partial charge >= 0.3 is 5.97 Å². The van der Waals surface area contributed by atoms with E-state index in [0.29, 0.717) is 11.6 Å². The first-order valence-corrected chi connectivity index (χ1v) is 4.43. The van der Waals surface area contributed by atoms with Crippen LogP contribution < -0.4 is 0 Å². The second-order valence-electron chi connectivity index (χ2n) is 3.40. The van der Waals surface area contributed by atoms with Gasteiger partial charge in [-0.25, -0.2) is 0 Å². The first-order chi connectivity index (χ1) is 6.25. The second kappa shape index (κ2) is 3.17. The van der Waals surface area contributed by atoms with Crippen LogP contribution in [0.25, 0.3) is 0 Å². The number of carboxylic acids is 1. The first-order valence-electron chi connectivity index (χ1n) is 4.43. The molecule has 1 aliphatic carbocycles. The third-order valence-electron chi connectivity index (χ3n) is 2.16. The Labute approximate surface area is 76.4 Å². The standard InChI is InChI=1S/C10H11NO2/c12-10(13)6-8-2-1-3-9(11-8)7-4-5-7/h1-3,7H,4-6H2,(H,12,13). The topological polar surface area (TPSA) is 50.2 Å². The van der Waals surface area contributed by atoms with E-state index in [1.165, 1.54) is 12.8 Å². The molecule has 68 valence electrons. The lowest BCUT2D eigenvalue weighted by Gasteiger charge is -1.99. The van der Waals surface area contributed by atoms with E-state index < -0.39 is 5.97 Å². The fourth-order valence-electron chi connectivity index (χ4n) is 1.36. The zero-order chi connectivity index (χ0) is 9.26. The highest BCUT2D eigenvalue weighted by molar-refractivity contribution is 5.69. The van der Waals surface area contributed by atoms with Crippen LogP contribution in [0, 0.1) is 0 Å². The van der Waals surface area contributed by atoms with Crippen molar-refractivity contribution in [3.05, 3.63) is 29.6 Å². The minimum Gasteiger partial charge on any atom is -0.481 e. The maximum absolute atomic E-state index is 10.4. The Kier molecular flexibility index (Phi) is 2.00. The van der Waals surface area contributed by atoms with Crippen LogP contribution in [0.2, 0.25) is 0 Å². The third kappa shape index (κ3) is 2.05. The fourth-order valence-corrected chi connectivity index (χ4v) is 1.36. The van der Waals surface area contributed by atoms with Gasteiger partial charge in [0.05, 0.1) is 12.1 Å². The number of rotatable bonds is 3. The molecule has 0 unspecified atom stereocenters. The number of hydrogen-bond donors (Lipinski definition) is 1. The van der Waals surface area contributed by atoms with Gasteiger partial charge < -0.3 is 5.11 Å². The smallest absolute Gasteiger partial charge is 0.309 e. The van der Waals surface area contributed by atoms with Gasteiger partial charge in [0.1, 0.15) is 0 Å². The summed E-state index contributed by atoms with van der Waals surface area (Å²) in [6.45, 7) is 0. The van der Waals surface area contributed by atoms with Crippen LogP contribution in [0.15, 0.2) is 18.2 Å². The number of carboxylic acid groups (broad SMARTS) is 1. The first kappa shape index (κ1) is 8.23. The minimum absolute atomic E-state index is 0.0283. The van der Waals surface area contributed by atoms with Crippen molar-refractivity contribution in [1.29, 1.82) is 0 Å². The molecule has 2 rings (SSSR count). The number of aliphatic carboxylic acids is 1. The Morgan fingerprint density at radius 1 is 1.54 bits per heavy atom. The highest BCUT2D eigenvalue weighted by atomic mass is 16.4. The quantitative estimate of drug-likeness (QED) is 0.762. The van der Waals surface area contributed by atoms with Crippen molar-refractivity contribution in [2.45, 2.75) is 25.2 Å². The summed E-state index contributed by atoms with van der Waals surface area (Å²) in [4.78, 5) is 14.7. The molecule has 1 aliphatic rings. The molecule has 1 heterocycles. The van der Waals surface area contributed by atoms with E-state index in [2.05, 4.69) is 4.98 Å². The molecule has 0 amide bonds. The lowest BCUT2D eigenvalue weighted by atomic mass is 10.2. The van der Waals surface area contributed by atoms with Gasteiger partial charge in [-0.05, 0) is 25.0 Å². The summed E-state index contributed by atoms with van der Waals surface area (Å²) in [5.74, 6) is -0.228. The molecule has 1 aromatic rings. The number of hydrogen-bond acceptors (Lipinski definition) is 2. The highest BCUT2D eigenvalue weighted by Gasteiger charge is 2.24. The van der Waals surface area contributed by atoms with E-state index in [1.54, 1.807) is 6.07 Å². The molecule has 0 radical (unpaired) electrons. The normalized spacial score (nSPS) is 15.7. The lowest BCUT2D eigenvalue weighted by molar-refractivity contribution is -0.136. The Morgan fingerprint density at radius 3 is 2.92 bits per heavy atom. The molecule has 3 nitrogen and oxygen atoms in total. The van der Waals surface area contributed by atoms with Crippen molar-refractivity contribution in [3.63, 3.8) is 0 Å². The summed E-state index contributed by atoms with van der Waals surface area (Å²) < 4.78 is 0. The van der Waals surface area contributed by atoms with Gasteiger partial charge in [-0.15, -0.1) is 0 Å². The molecule has 1 N–H and O–H groups in total. The summed E-state index contributed by atoms with van der Waals surface area (Å²) in [5.41, 5.74) is 1.72. The maximum atomic E-state index is 10.4. The van der Waals surface area contributed by atoms with Crippen molar-refractivity contribution in [2.24, 2.45) is 0 Å². The summed E-state index contributed by atoms with van der Waals surface area (Å²) >= 11 is 0. The number of pyridine rings is 1. The van der Waals surface area contributed by atoms with Crippen LogP contribution in [-0.2, 0) is 11.2 Å². The van der Waals surface area contributed by atoms with Crippen molar-refractivity contribution in [2.75, 3.05) is 0 Å². The average Bonchev–Trinajstić information content (AvgIpc) is 2.85. The minimum atomic E-state index is -0.819. The van der Waals surface area contributed by atoms with E-state index >= 15 is 0 Å². The Morgan fingerprint density at radius 2 is 2.31 bits per heavy atom. The van der Waals surface area contributed by atoms with Crippen molar-refractivity contribution >= 4 is 5.97 Å². The third-order valence-corrected chi connectivity index (χ3v) is 2.16. The molecule has 0 atom stereocenters. The molecule has 1 aromatic heterocycles. The largest absolute Gasteiger partial charge is 0.481 e. The van der Waals surface area contributed by atoms with E-state index in [-0.39, 0.29) is 6.42 Å². The molecular weight excluding hydrogens is 166 g/mol. The summed E-state index contributed by atoms with van der Waals surface area (Å²) in [5, 5.41) is 8.57. The van der Waals surface area contributed by atoms with Crippen LogP contribution in [0.1, 0.15) is 30.1 Å². The predicted octanol–water partition coefficient (Wildman–Crippen LogP) is 1.59. The van der Waals surface area contributed by atoms with E-state index in [9.17, 15) is 4.79 Å². The predicted molar refractivity (Wildman–Crippen MR) is 47.6 cm³/mol. The molecule has 0 bridgehead atoms. The van der Waals surface area contributed by atoms with Gasteiger partial charge in [-0.1, -0.05) is 6.07 Å². The van der Waals surface area contributed by atoms with Gasteiger partial charge in [0.2, 0.25) is 0 Å². The fraction of sp³-hybridized carbons (Fsp3) is 0.400. The number of carbonyl (C=O) groups is 1. The van der Waals surface area contributed by atoms with E-state index in [4.69, 9.17) is 5.11 Å². The summed E-state index contributed by atoms with van der Waals surface area (Å²) in [6.07, 6.45) is 2.42. The van der Waals surface area contributed by atoms with Crippen LogP contribution in [0.3, 0.4) is 0 Å². The molecule has 3 heteroatoms. The SMILES string of the molecule is O=C(O)Cc1cccc(C2CC2)n1. The lowest BCUT2D eigenvalue weighted by Crippen LogP contribution is -2.03. The number of aromatic nitrogens is 1. The van der Waals surface area contributed by atoms with Crippen molar-refractivity contribution < 1.29 is 9.90 Å². The molecule has 13 heavy (non-hydrogen) atoms. The van der Waals surface area contributed by atoms with Gasteiger partial charge in [0, 0.05) is 11.6 Å². The summed E-state index contributed by atoms with van der Waals surface area (Å²) in [7, 11) is 0. The van der Waals surface area contributed by atoms with Gasteiger partial charge in [-0.3, -0.25) is 9.78 Å². The summed E-state index contributed by atoms with van der Waals surface area (Å²) in [6, 6.07) is 5.63. The molecule has 0 aliphatic heterocycles. The second-order valence-corrected chi connectivity index (χ2v) is 3.40. The zero-order valence-electron chi connectivity index (χ0n) is 7.23. The van der Waals surface area contributed by atoms with Crippen LogP contribution in [-0.4, -0.2) is 16.1 Å². The van der Waals surface area contributed by atoms with Crippen LogP contribution in [0.4, 0.5) is 0 Å². The van der Waals surface area contributed by atoms with E-state index in [1.807, 2.05) is 12.1 Å². The van der Waals surface area contributed by atoms with E-state index in [0.717, 1.165) is 5.69 Å². The molecular formula is C10H11NO2. The van der Waals surface area contributed by atoms with Gasteiger partial charge in [-0.2, -0.15) is 0 Å². The van der Waals surface area contributed by atoms with Gasteiger partial charge in [0.25, 0.3) is 0 Å². The van der Waals surface area contributed by atoms with Crippen LogP contribution in [0.5, 0.6) is 0 Å². The Hall–Kier alpha value is -1.38. The van der Waals surface area contributed by atoms with Crippen molar-refractivity contribution in [3.8, 4) is 0 Å². The monoisotopic (exact) mass is 177 g/mol. The molecule has 1 saturated carbocycles. The molecule has 0 aromatic carbocycles. The Bertz CT molecular complexity index is 331. The molecule has 0 saturated heterocycles. The Balaban J connectivity index is 2.16. The molecule has 0 spiro atoms. The maximum Gasteiger partial charge on any atom is 0.309 e.